The number of rotatable bonds is 4. The molecular weight excluding hydrogens is 252 g/mol. The Labute approximate surface area is 117 Å². The lowest BCUT2D eigenvalue weighted by Crippen LogP contribution is -2.36. The monoisotopic (exact) mass is 268 g/mol. The Bertz CT molecular complexity index is 701. The molecule has 0 unspecified atom stereocenters. The average molecular weight is 268 g/mol. The SMILES string of the molecule is CC(C)(CC(N)=O)Nc1nc2ccccc2cc1C#N. The molecule has 1 aromatic heterocycles. The molecule has 1 heterocycles. The van der Waals surface area contributed by atoms with Crippen LogP contribution in [-0.4, -0.2) is 16.4 Å². The van der Waals surface area contributed by atoms with Gasteiger partial charge in [-0.3, -0.25) is 4.79 Å². The van der Waals surface area contributed by atoms with Gasteiger partial charge in [0.15, 0.2) is 0 Å². The van der Waals surface area contributed by atoms with Gasteiger partial charge in [-0.2, -0.15) is 5.26 Å². The Morgan fingerprint density at radius 3 is 2.80 bits per heavy atom. The number of pyridine rings is 1. The van der Waals surface area contributed by atoms with E-state index in [2.05, 4.69) is 16.4 Å². The first kappa shape index (κ1) is 13.8. The highest BCUT2D eigenvalue weighted by Gasteiger charge is 2.22. The molecule has 2 rings (SSSR count). The number of nitrogens with two attached hydrogens (primary N) is 1. The van der Waals surface area contributed by atoms with Crippen molar-refractivity contribution in [2.75, 3.05) is 5.32 Å². The van der Waals surface area contributed by atoms with Crippen LogP contribution in [0.5, 0.6) is 0 Å². The van der Waals surface area contributed by atoms with Gasteiger partial charge >= 0.3 is 0 Å². The molecule has 3 N–H and O–H groups in total. The number of aromatic nitrogens is 1. The summed E-state index contributed by atoms with van der Waals surface area (Å²) in [5.74, 6) is 0.0687. The summed E-state index contributed by atoms with van der Waals surface area (Å²) in [5.41, 5.74) is 5.91. The number of amides is 1. The summed E-state index contributed by atoms with van der Waals surface area (Å²) in [7, 11) is 0. The molecule has 0 aliphatic rings. The van der Waals surface area contributed by atoms with Crippen LogP contribution in [0.25, 0.3) is 10.9 Å². The van der Waals surface area contributed by atoms with E-state index in [1.807, 2.05) is 38.1 Å². The minimum Gasteiger partial charge on any atom is -0.370 e. The highest BCUT2D eigenvalue weighted by molar-refractivity contribution is 5.83. The smallest absolute Gasteiger partial charge is 0.219 e. The Morgan fingerprint density at radius 2 is 2.15 bits per heavy atom. The Kier molecular flexibility index (Phi) is 3.57. The minimum atomic E-state index is -0.563. The number of nitriles is 1. The van der Waals surface area contributed by atoms with E-state index in [1.54, 1.807) is 6.07 Å². The maximum Gasteiger partial charge on any atom is 0.219 e. The first-order chi connectivity index (χ1) is 9.41. The molecular formula is C15H16N4O. The molecule has 1 aromatic carbocycles. The lowest BCUT2D eigenvalue weighted by Gasteiger charge is -2.26. The standard InChI is InChI=1S/C15H16N4O/c1-15(2,8-13(17)20)19-14-11(9-16)7-10-5-3-4-6-12(10)18-14/h3-7H,8H2,1-2H3,(H2,17,20)(H,18,19). The zero-order valence-corrected chi connectivity index (χ0v) is 11.5. The number of nitrogens with zero attached hydrogens (tertiary/aromatic N) is 2. The van der Waals surface area contributed by atoms with Crippen LogP contribution >= 0.6 is 0 Å². The molecule has 1 amide bonds. The molecule has 0 aliphatic heterocycles. The number of primary amides is 1. The van der Waals surface area contributed by atoms with Crippen LogP contribution in [0.3, 0.4) is 0 Å². The second-order valence-electron chi connectivity index (χ2n) is 5.34. The van der Waals surface area contributed by atoms with Gasteiger partial charge in [0.2, 0.25) is 5.91 Å². The van der Waals surface area contributed by atoms with Gasteiger partial charge in [0.25, 0.3) is 0 Å². The molecule has 5 heteroatoms. The second-order valence-corrected chi connectivity index (χ2v) is 5.34. The highest BCUT2D eigenvalue weighted by Crippen LogP contribution is 2.23. The van der Waals surface area contributed by atoms with Crippen molar-refractivity contribution in [2.45, 2.75) is 25.8 Å². The average Bonchev–Trinajstić information content (AvgIpc) is 2.35. The minimum absolute atomic E-state index is 0.159. The van der Waals surface area contributed by atoms with Crippen molar-refractivity contribution in [1.82, 2.24) is 4.98 Å². The molecule has 102 valence electrons. The van der Waals surface area contributed by atoms with Gasteiger partial charge in [0, 0.05) is 17.3 Å². The molecule has 0 fully saturated rings. The third-order valence-corrected chi connectivity index (χ3v) is 2.92. The van der Waals surface area contributed by atoms with Crippen LogP contribution in [0.1, 0.15) is 25.8 Å². The van der Waals surface area contributed by atoms with Crippen molar-refractivity contribution in [2.24, 2.45) is 5.73 Å². The number of carbonyl (C=O) groups excluding carboxylic acids is 1. The summed E-state index contributed by atoms with van der Waals surface area (Å²) in [5, 5.41) is 13.3. The number of para-hydroxylation sites is 1. The maximum atomic E-state index is 11.1. The second kappa shape index (κ2) is 5.17. The van der Waals surface area contributed by atoms with E-state index in [4.69, 9.17) is 5.73 Å². The molecule has 20 heavy (non-hydrogen) atoms. The van der Waals surface area contributed by atoms with E-state index < -0.39 is 11.4 Å². The van der Waals surface area contributed by atoms with E-state index in [9.17, 15) is 10.1 Å². The van der Waals surface area contributed by atoms with Gasteiger partial charge in [-0.15, -0.1) is 0 Å². The van der Waals surface area contributed by atoms with Gasteiger partial charge < -0.3 is 11.1 Å². The number of carbonyl (C=O) groups is 1. The summed E-state index contributed by atoms with van der Waals surface area (Å²) < 4.78 is 0. The first-order valence-corrected chi connectivity index (χ1v) is 6.28. The van der Waals surface area contributed by atoms with Crippen molar-refractivity contribution in [3.05, 3.63) is 35.9 Å². The number of hydrogen-bond donors (Lipinski definition) is 2. The Hall–Kier alpha value is -2.61. The first-order valence-electron chi connectivity index (χ1n) is 6.28. The van der Waals surface area contributed by atoms with Crippen molar-refractivity contribution in [3.63, 3.8) is 0 Å². The molecule has 0 aliphatic carbocycles. The van der Waals surface area contributed by atoms with Crippen LogP contribution in [0.15, 0.2) is 30.3 Å². The summed E-state index contributed by atoms with van der Waals surface area (Å²) >= 11 is 0. The van der Waals surface area contributed by atoms with E-state index >= 15 is 0 Å². The van der Waals surface area contributed by atoms with Crippen LogP contribution in [0.4, 0.5) is 5.82 Å². The van der Waals surface area contributed by atoms with Gasteiger partial charge in [0.1, 0.15) is 11.9 Å². The number of benzene rings is 1. The Morgan fingerprint density at radius 1 is 1.45 bits per heavy atom. The number of hydrogen-bond acceptors (Lipinski definition) is 4. The number of anilines is 1. The van der Waals surface area contributed by atoms with E-state index in [-0.39, 0.29) is 6.42 Å². The Balaban J connectivity index is 2.43. The fourth-order valence-corrected chi connectivity index (χ4v) is 2.10. The normalized spacial score (nSPS) is 11.1. The van der Waals surface area contributed by atoms with Crippen molar-refractivity contribution >= 4 is 22.6 Å². The van der Waals surface area contributed by atoms with Crippen LogP contribution in [-0.2, 0) is 4.79 Å². The maximum absolute atomic E-state index is 11.1. The van der Waals surface area contributed by atoms with Gasteiger partial charge in [-0.05, 0) is 26.0 Å². The number of nitrogens with one attached hydrogen (secondary N) is 1. The van der Waals surface area contributed by atoms with E-state index in [0.717, 1.165) is 10.9 Å². The number of fused-ring (bicyclic) bond motifs is 1. The molecule has 0 atom stereocenters. The quantitative estimate of drug-likeness (QED) is 0.888. The summed E-state index contributed by atoms with van der Waals surface area (Å²) in [6.07, 6.45) is 0.159. The summed E-state index contributed by atoms with van der Waals surface area (Å²) in [4.78, 5) is 15.5. The van der Waals surface area contributed by atoms with Gasteiger partial charge in [-0.25, -0.2) is 4.98 Å². The van der Waals surface area contributed by atoms with Crippen molar-refractivity contribution in [3.8, 4) is 6.07 Å². The lowest BCUT2D eigenvalue weighted by molar-refractivity contribution is -0.118. The molecule has 0 saturated heterocycles. The van der Waals surface area contributed by atoms with Gasteiger partial charge in [-0.1, -0.05) is 18.2 Å². The fraction of sp³-hybridized carbons (Fsp3) is 0.267. The zero-order chi connectivity index (χ0) is 14.8. The van der Waals surface area contributed by atoms with Crippen molar-refractivity contribution in [1.29, 1.82) is 5.26 Å². The summed E-state index contributed by atoms with van der Waals surface area (Å²) in [6.45, 7) is 3.69. The fourth-order valence-electron chi connectivity index (χ4n) is 2.10. The molecule has 0 saturated carbocycles. The van der Waals surface area contributed by atoms with E-state index in [1.165, 1.54) is 0 Å². The summed E-state index contributed by atoms with van der Waals surface area (Å²) in [6, 6.07) is 11.5. The topological polar surface area (TPSA) is 91.8 Å². The zero-order valence-electron chi connectivity index (χ0n) is 11.5. The third-order valence-electron chi connectivity index (χ3n) is 2.92. The predicted molar refractivity (Wildman–Crippen MR) is 78.0 cm³/mol. The molecule has 0 bridgehead atoms. The predicted octanol–water partition coefficient (Wildman–Crippen LogP) is 2.17. The largest absolute Gasteiger partial charge is 0.370 e. The van der Waals surface area contributed by atoms with Crippen LogP contribution in [0.2, 0.25) is 0 Å². The lowest BCUT2D eigenvalue weighted by atomic mass is 10.00. The van der Waals surface area contributed by atoms with Gasteiger partial charge in [0.05, 0.1) is 11.1 Å². The molecule has 0 radical (unpaired) electrons. The molecule has 2 aromatic rings. The molecule has 5 nitrogen and oxygen atoms in total. The van der Waals surface area contributed by atoms with Crippen LogP contribution < -0.4 is 11.1 Å². The third kappa shape index (κ3) is 3.04. The highest BCUT2D eigenvalue weighted by atomic mass is 16.1. The van der Waals surface area contributed by atoms with Crippen LogP contribution in [0, 0.1) is 11.3 Å². The van der Waals surface area contributed by atoms with Crippen molar-refractivity contribution < 1.29 is 4.79 Å². The molecule has 0 spiro atoms. The van der Waals surface area contributed by atoms with E-state index in [0.29, 0.717) is 11.4 Å².